The molecule has 3 heterocycles. The smallest absolute Gasteiger partial charge is 0.287 e. The minimum Gasteiger partial charge on any atom is -0.353 e. The molecule has 1 aliphatic heterocycles. The summed E-state index contributed by atoms with van der Waals surface area (Å²) in [6.07, 6.45) is 1.25. The number of nitro groups is 1. The SMILES string of the molecule is Cc1ccc(-n2nc(C)c(C(=O)N3CCN(c4ccc([N+](=O)[O-])cn4)CC3)n2)c(C)c1. The van der Waals surface area contributed by atoms with Gasteiger partial charge >= 0.3 is 0 Å². The molecule has 0 bridgehead atoms. The highest BCUT2D eigenvalue weighted by molar-refractivity contribution is 5.93. The molecule has 2 aromatic heterocycles. The number of amides is 1. The van der Waals surface area contributed by atoms with Crippen LogP contribution in [0.4, 0.5) is 11.5 Å². The Morgan fingerprint density at radius 3 is 2.39 bits per heavy atom. The minimum absolute atomic E-state index is 0.0417. The van der Waals surface area contributed by atoms with E-state index in [0.717, 1.165) is 16.8 Å². The lowest BCUT2D eigenvalue weighted by Gasteiger charge is -2.35. The molecule has 1 amide bonds. The van der Waals surface area contributed by atoms with Gasteiger partial charge in [-0.3, -0.25) is 14.9 Å². The van der Waals surface area contributed by atoms with Crippen LogP contribution in [0.5, 0.6) is 0 Å². The van der Waals surface area contributed by atoms with Gasteiger partial charge in [-0.05, 0) is 38.5 Å². The van der Waals surface area contributed by atoms with Gasteiger partial charge in [-0.1, -0.05) is 17.7 Å². The fraction of sp³-hybridized carbons (Fsp3) is 0.333. The number of benzene rings is 1. The number of hydrogen-bond acceptors (Lipinski definition) is 7. The Balaban J connectivity index is 1.45. The van der Waals surface area contributed by atoms with Crippen molar-refractivity contribution in [3.05, 3.63) is 69.2 Å². The predicted molar refractivity (Wildman–Crippen MR) is 115 cm³/mol. The van der Waals surface area contributed by atoms with E-state index in [-0.39, 0.29) is 11.6 Å². The summed E-state index contributed by atoms with van der Waals surface area (Å²) >= 11 is 0. The molecule has 1 aliphatic rings. The summed E-state index contributed by atoms with van der Waals surface area (Å²) in [5, 5.41) is 19.7. The van der Waals surface area contributed by atoms with E-state index in [4.69, 9.17) is 0 Å². The van der Waals surface area contributed by atoms with Crippen LogP contribution in [0.15, 0.2) is 36.5 Å². The maximum Gasteiger partial charge on any atom is 0.287 e. The van der Waals surface area contributed by atoms with Gasteiger partial charge in [0.05, 0.1) is 16.3 Å². The molecule has 4 rings (SSSR count). The van der Waals surface area contributed by atoms with E-state index in [2.05, 4.69) is 21.2 Å². The molecule has 1 saturated heterocycles. The van der Waals surface area contributed by atoms with E-state index in [1.165, 1.54) is 17.1 Å². The van der Waals surface area contributed by atoms with Crippen molar-refractivity contribution in [2.45, 2.75) is 20.8 Å². The molecule has 31 heavy (non-hydrogen) atoms. The molecular weight excluding hydrogens is 398 g/mol. The number of aromatic nitrogens is 4. The Morgan fingerprint density at radius 1 is 1.03 bits per heavy atom. The zero-order chi connectivity index (χ0) is 22.1. The van der Waals surface area contributed by atoms with Crippen LogP contribution in [0.1, 0.15) is 27.3 Å². The summed E-state index contributed by atoms with van der Waals surface area (Å²) in [5.41, 5.74) is 3.94. The van der Waals surface area contributed by atoms with Crippen molar-refractivity contribution in [3.63, 3.8) is 0 Å². The molecule has 10 nitrogen and oxygen atoms in total. The molecule has 0 atom stereocenters. The Morgan fingerprint density at radius 2 is 1.77 bits per heavy atom. The third-order valence-corrected chi connectivity index (χ3v) is 5.39. The first-order chi connectivity index (χ1) is 14.8. The third-order valence-electron chi connectivity index (χ3n) is 5.39. The van der Waals surface area contributed by atoms with Crippen LogP contribution in [-0.4, -0.2) is 61.9 Å². The number of carbonyl (C=O) groups excluding carboxylic acids is 1. The Hall–Kier alpha value is -3.82. The van der Waals surface area contributed by atoms with Gasteiger partial charge in [0.25, 0.3) is 11.6 Å². The van der Waals surface area contributed by atoms with E-state index in [1.807, 2.05) is 30.9 Å². The fourth-order valence-electron chi connectivity index (χ4n) is 3.68. The van der Waals surface area contributed by atoms with E-state index in [0.29, 0.717) is 43.4 Å². The number of carbonyl (C=O) groups is 1. The zero-order valence-electron chi connectivity index (χ0n) is 17.6. The summed E-state index contributed by atoms with van der Waals surface area (Å²) in [6, 6.07) is 9.08. The lowest BCUT2D eigenvalue weighted by Crippen LogP contribution is -2.49. The molecule has 1 aromatic carbocycles. The highest BCUT2D eigenvalue weighted by atomic mass is 16.6. The minimum atomic E-state index is -0.471. The third kappa shape index (κ3) is 4.09. The molecule has 0 spiro atoms. The molecule has 10 heteroatoms. The maximum atomic E-state index is 13.1. The van der Waals surface area contributed by atoms with Crippen LogP contribution in [0.2, 0.25) is 0 Å². The van der Waals surface area contributed by atoms with Gasteiger partial charge in [0.2, 0.25) is 0 Å². The normalized spacial score (nSPS) is 14.0. The molecule has 0 radical (unpaired) electrons. The van der Waals surface area contributed by atoms with Crippen molar-refractivity contribution in [1.29, 1.82) is 0 Å². The van der Waals surface area contributed by atoms with Gasteiger partial charge in [-0.15, -0.1) is 5.10 Å². The van der Waals surface area contributed by atoms with Crippen LogP contribution in [-0.2, 0) is 0 Å². The van der Waals surface area contributed by atoms with Gasteiger partial charge in [-0.2, -0.15) is 9.90 Å². The van der Waals surface area contributed by atoms with E-state index < -0.39 is 4.92 Å². The average Bonchev–Trinajstić information content (AvgIpc) is 3.14. The Kier molecular flexibility index (Phi) is 5.37. The molecule has 0 aliphatic carbocycles. The molecule has 0 N–H and O–H groups in total. The molecule has 160 valence electrons. The van der Waals surface area contributed by atoms with Crippen LogP contribution < -0.4 is 4.90 Å². The number of hydrogen-bond donors (Lipinski definition) is 0. The largest absolute Gasteiger partial charge is 0.353 e. The van der Waals surface area contributed by atoms with E-state index in [9.17, 15) is 14.9 Å². The second-order valence-corrected chi connectivity index (χ2v) is 7.62. The van der Waals surface area contributed by atoms with Crippen LogP contribution in [0.25, 0.3) is 5.69 Å². The Labute approximate surface area is 179 Å². The second-order valence-electron chi connectivity index (χ2n) is 7.62. The molecule has 1 fully saturated rings. The van der Waals surface area contributed by atoms with Gasteiger partial charge < -0.3 is 9.80 Å². The van der Waals surface area contributed by atoms with Crippen molar-refractivity contribution >= 4 is 17.4 Å². The Bertz CT molecular complexity index is 1130. The second kappa shape index (κ2) is 8.13. The average molecular weight is 421 g/mol. The summed E-state index contributed by atoms with van der Waals surface area (Å²) in [6.45, 7) is 7.99. The topological polar surface area (TPSA) is 110 Å². The lowest BCUT2D eigenvalue weighted by molar-refractivity contribution is -0.385. The fourth-order valence-corrected chi connectivity index (χ4v) is 3.68. The van der Waals surface area contributed by atoms with E-state index in [1.54, 1.807) is 17.9 Å². The predicted octanol–water partition coefficient (Wildman–Crippen LogP) is 2.46. The summed E-state index contributed by atoms with van der Waals surface area (Å²) in [7, 11) is 0. The highest BCUT2D eigenvalue weighted by Crippen LogP contribution is 2.19. The van der Waals surface area contributed by atoms with E-state index >= 15 is 0 Å². The van der Waals surface area contributed by atoms with Crippen molar-refractivity contribution in [2.24, 2.45) is 0 Å². The van der Waals surface area contributed by atoms with Gasteiger partial charge in [0.1, 0.15) is 12.0 Å². The number of piperazine rings is 1. The number of nitrogens with zero attached hydrogens (tertiary/aromatic N) is 7. The van der Waals surface area contributed by atoms with Crippen LogP contribution in [0.3, 0.4) is 0 Å². The van der Waals surface area contributed by atoms with Crippen LogP contribution >= 0.6 is 0 Å². The monoisotopic (exact) mass is 421 g/mol. The number of aryl methyl sites for hydroxylation is 3. The standard InChI is InChI=1S/C21H23N7O3/c1-14-4-6-18(15(2)12-14)27-23-16(3)20(24-27)21(29)26-10-8-25(9-11-26)19-7-5-17(13-22-19)28(30)31/h4-7,12-13H,8-11H2,1-3H3. The quantitative estimate of drug-likeness (QED) is 0.470. The van der Waals surface area contributed by atoms with Crippen molar-refractivity contribution < 1.29 is 9.72 Å². The lowest BCUT2D eigenvalue weighted by atomic mass is 10.1. The molecular formula is C21H23N7O3. The summed E-state index contributed by atoms with van der Waals surface area (Å²) in [5.74, 6) is 0.513. The molecule has 0 saturated carbocycles. The zero-order valence-corrected chi connectivity index (χ0v) is 17.6. The summed E-state index contributed by atoms with van der Waals surface area (Å²) in [4.78, 5) is 32.8. The number of anilines is 1. The van der Waals surface area contributed by atoms with Crippen molar-refractivity contribution in [2.75, 3.05) is 31.1 Å². The molecule has 0 unspecified atom stereocenters. The number of rotatable bonds is 4. The van der Waals surface area contributed by atoms with Gasteiger partial charge in [-0.25, -0.2) is 4.98 Å². The highest BCUT2D eigenvalue weighted by Gasteiger charge is 2.27. The number of pyridine rings is 1. The first-order valence-electron chi connectivity index (χ1n) is 10.00. The maximum absolute atomic E-state index is 13.1. The first kappa shape index (κ1) is 20.5. The van der Waals surface area contributed by atoms with Crippen molar-refractivity contribution in [3.8, 4) is 5.69 Å². The van der Waals surface area contributed by atoms with Crippen LogP contribution in [0, 0.1) is 30.9 Å². The first-order valence-corrected chi connectivity index (χ1v) is 10.00. The van der Waals surface area contributed by atoms with Crippen molar-refractivity contribution in [1.82, 2.24) is 24.9 Å². The van der Waals surface area contributed by atoms with Gasteiger partial charge in [0.15, 0.2) is 5.69 Å². The van der Waals surface area contributed by atoms with Gasteiger partial charge in [0, 0.05) is 32.2 Å². The summed E-state index contributed by atoms with van der Waals surface area (Å²) < 4.78 is 0. The molecule has 3 aromatic rings.